The number of furan rings is 1. The number of imide groups is 1. The summed E-state index contributed by atoms with van der Waals surface area (Å²) >= 11 is 0.681. The number of hydrogen-bond donors (Lipinski definition) is 0. The fourth-order valence-electron chi connectivity index (χ4n) is 2.82. The van der Waals surface area contributed by atoms with E-state index in [1.165, 1.54) is 12.1 Å². The molecule has 0 unspecified atom stereocenters. The quantitative estimate of drug-likeness (QED) is 0.264. The molecule has 1 aliphatic heterocycles. The second-order valence-corrected chi connectivity index (χ2v) is 7.95. The van der Waals surface area contributed by atoms with Gasteiger partial charge < -0.3 is 9.15 Å². The molecule has 1 aromatic carbocycles. The predicted octanol–water partition coefficient (Wildman–Crippen LogP) is 4.54. The van der Waals surface area contributed by atoms with E-state index >= 15 is 0 Å². The van der Waals surface area contributed by atoms with Crippen LogP contribution in [0.1, 0.15) is 31.6 Å². The second-order valence-electron chi connectivity index (χ2n) is 6.96. The summed E-state index contributed by atoms with van der Waals surface area (Å²) in [4.78, 5) is 48.4. The average Bonchev–Trinajstić information content (AvgIpc) is 3.28. The molecule has 1 atom stereocenters. The lowest BCUT2D eigenvalue weighted by Gasteiger charge is -2.14. The molecule has 1 saturated heterocycles. The van der Waals surface area contributed by atoms with Gasteiger partial charge in [0.15, 0.2) is 0 Å². The van der Waals surface area contributed by atoms with Gasteiger partial charge in [0, 0.05) is 12.1 Å². The van der Waals surface area contributed by atoms with Gasteiger partial charge in [0.25, 0.3) is 16.8 Å². The zero-order chi connectivity index (χ0) is 22.7. The molecule has 1 aromatic heterocycles. The molecule has 2 heterocycles. The number of ether oxygens (including phenoxy) is 1. The first-order valence-corrected chi connectivity index (χ1v) is 10.3. The molecule has 0 spiro atoms. The normalized spacial score (nSPS) is 16.1. The molecule has 10 heteroatoms. The Hall–Kier alpha value is -3.40. The minimum absolute atomic E-state index is 0.0839. The topological polar surface area (TPSA) is 120 Å². The number of esters is 1. The Labute approximate surface area is 182 Å². The fourth-order valence-corrected chi connectivity index (χ4v) is 3.63. The minimum atomic E-state index is -0.662. The van der Waals surface area contributed by atoms with Crippen molar-refractivity contribution < 1.29 is 28.5 Å². The highest BCUT2D eigenvalue weighted by atomic mass is 32.2. The Balaban J connectivity index is 1.79. The summed E-state index contributed by atoms with van der Waals surface area (Å²) in [6, 6.07) is 7.87. The fraction of sp³-hybridized carbons (Fsp3) is 0.286. The maximum absolute atomic E-state index is 12.5. The lowest BCUT2D eigenvalue weighted by Crippen LogP contribution is -2.35. The number of nitrogens with zero attached hydrogens (tertiary/aromatic N) is 2. The molecular weight excluding hydrogens is 424 g/mol. The van der Waals surface area contributed by atoms with E-state index in [9.17, 15) is 24.5 Å². The van der Waals surface area contributed by atoms with Gasteiger partial charge in [0.05, 0.1) is 21.5 Å². The van der Waals surface area contributed by atoms with Crippen LogP contribution < -0.4 is 0 Å². The van der Waals surface area contributed by atoms with E-state index in [1.807, 2.05) is 6.92 Å². The van der Waals surface area contributed by atoms with Gasteiger partial charge in [0.1, 0.15) is 18.1 Å². The van der Waals surface area contributed by atoms with Crippen molar-refractivity contribution in [3.8, 4) is 11.3 Å². The highest BCUT2D eigenvalue weighted by Gasteiger charge is 2.37. The third-order valence-electron chi connectivity index (χ3n) is 4.58. The number of benzene rings is 1. The maximum Gasteiger partial charge on any atom is 0.326 e. The highest BCUT2D eigenvalue weighted by molar-refractivity contribution is 8.18. The van der Waals surface area contributed by atoms with Crippen molar-refractivity contribution in [1.82, 2.24) is 4.90 Å². The van der Waals surface area contributed by atoms with Crippen LogP contribution in [0.2, 0.25) is 0 Å². The molecule has 0 aliphatic carbocycles. The zero-order valence-corrected chi connectivity index (χ0v) is 17.9. The Bertz CT molecular complexity index is 1090. The van der Waals surface area contributed by atoms with E-state index in [1.54, 1.807) is 38.1 Å². The van der Waals surface area contributed by atoms with Crippen molar-refractivity contribution in [1.29, 1.82) is 0 Å². The third kappa shape index (κ3) is 5.02. The molecule has 9 nitrogen and oxygen atoms in total. The average molecular weight is 444 g/mol. The first kappa shape index (κ1) is 22.3. The maximum atomic E-state index is 12.5. The van der Waals surface area contributed by atoms with Gasteiger partial charge in [-0.05, 0) is 55.8 Å². The molecule has 2 amide bonds. The molecule has 0 N–H and O–H groups in total. The monoisotopic (exact) mass is 444 g/mol. The number of nitro benzene ring substituents is 1. The summed E-state index contributed by atoms with van der Waals surface area (Å²) in [7, 11) is 0. The molecular formula is C21H20N2O7S. The second kappa shape index (κ2) is 9.17. The first-order chi connectivity index (χ1) is 14.7. The summed E-state index contributed by atoms with van der Waals surface area (Å²) in [6.07, 6.45) is 1.68. The molecule has 31 heavy (non-hydrogen) atoms. The third-order valence-corrected chi connectivity index (χ3v) is 5.49. The number of carbonyl (C=O) groups is 3. The van der Waals surface area contributed by atoms with Crippen LogP contribution in [-0.2, 0) is 14.3 Å². The summed E-state index contributed by atoms with van der Waals surface area (Å²) in [5.41, 5.74) is 0.944. The van der Waals surface area contributed by atoms with Crippen molar-refractivity contribution in [2.45, 2.75) is 33.3 Å². The Morgan fingerprint density at radius 1 is 1.32 bits per heavy atom. The summed E-state index contributed by atoms with van der Waals surface area (Å²) in [6.45, 7) is 4.85. The molecule has 0 saturated carbocycles. The van der Waals surface area contributed by atoms with Crippen LogP contribution in [0.5, 0.6) is 0 Å². The Kier molecular flexibility index (Phi) is 6.59. The predicted molar refractivity (Wildman–Crippen MR) is 114 cm³/mol. The first-order valence-electron chi connectivity index (χ1n) is 9.49. The molecule has 0 radical (unpaired) electrons. The van der Waals surface area contributed by atoms with Crippen molar-refractivity contribution in [3.63, 3.8) is 0 Å². The van der Waals surface area contributed by atoms with Gasteiger partial charge in [-0.15, -0.1) is 0 Å². The van der Waals surface area contributed by atoms with Crippen LogP contribution in [0.3, 0.4) is 0 Å². The van der Waals surface area contributed by atoms with Crippen LogP contribution in [0.25, 0.3) is 17.4 Å². The summed E-state index contributed by atoms with van der Waals surface area (Å²) in [5, 5.41) is 10.8. The van der Waals surface area contributed by atoms with E-state index in [2.05, 4.69) is 0 Å². The van der Waals surface area contributed by atoms with Gasteiger partial charge >= 0.3 is 5.97 Å². The van der Waals surface area contributed by atoms with E-state index < -0.39 is 28.6 Å². The van der Waals surface area contributed by atoms with Crippen LogP contribution in [0.15, 0.2) is 39.7 Å². The van der Waals surface area contributed by atoms with Crippen LogP contribution in [-0.4, -0.2) is 39.6 Å². The minimum Gasteiger partial charge on any atom is -0.461 e. The van der Waals surface area contributed by atoms with Crippen molar-refractivity contribution >= 4 is 40.6 Å². The van der Waals surface area contributed by atoms with Gasteiger partial charge in [-0.25, -0.2) is 0 Å². The van der Waals surface area contributed by atoms with E-state index in [-0.39, 0.29) is 28.2 Å². The molecule has 1 fully saturated rings. The Morgan fingerprint density at radius 3 is 2.74 bits per heavy atom. The molecule has 0 bridgehead atoms. The lowest BCUT2D eigenvalue weighted by atomic mass is 10.1. The summed E-state index contributed by atoms with van der Waals surface area (Å²) < 4.78 is 10.8. The largest absolute Gasteiger partial charge is 0.461 e. The van der Waals surface area contributed by atoms with Crippen molar-refractivity contribution in [2.75, 3.05) is 6.54 Å². The van der Waals surface area contributed by atoms with Crippen LogP contribution in [0.4, 0.5) is 10.5 Å². The van der Waals surface area contributed by atoms with Gasteiger partial charge in [-0.2, -0.15) is 0 Å². The number of amides is 2. The van der Waals surface area contributed by atoms with Gasteiger partial charge in [-0.3, -0.25) is 29.4 Å². The zero-order valence-electron chi connectivity index (χ0n) is 17.1. The molecule has 2 aromatic rings. The van der Waals surface area contributed by atoms with Crippen LogP contribution >= 0.6 is 11.8 Å². The number of thioether (sulfide) groups is 1. The number of nitro groups is 1. The van der Waals surface area contributed by atoms with Crippen LogP contribution in [0, 0.1) is 17.0 Å². The van der Waals surface area contributed by atoms with Crippen molar-refractivity contribution in [3.05, 3.63) is 56.7 Å². The number of carbonyl (C=O) groups excluding carboxylic acids is 3. The number of rotatable bonds is 7. The highest BCUT2D eigenvalue weighted by Crippen LogP contribution is 2.35. The lowest BCUT2D eigenvalue weighted by molar-refractivity contribution is -0.384. The summed E-state index contributed by atoms with van der Waals surface area (Å²) in [5.74, 6) is -0.785. The van der Waals surface area contributed by atoms with E-state index in [0.717, 1.165) is 10.5 Å². The molecule has 162 valence electrons. The van der Waals surface area contributed by atoms with Gasteiger partial charge in [0.2, 0.25) is 0 Å². The smallest absolute Gasteiger partial charge is 0.326 e. The van der Waals surface area contributed by atoms with E-state index in [0.29, 0.717) is 23.7 Å². The molecule has 1 aliphatic rings. The number of aryl methyl sites for hydroxylation is 1. The van der Waals surface area contributed by atoms with Gasteiger partial charge in [-0.1, -0.05) is 13.0 Å². The SMILES string of the molecule is CC[C@H](C)OC(=O)CN1C(=O)S/C(=C/c2ccc(-c3ccc(C)cc3[N+](=O)[O-])o2)C1=O. The van der Waals surface area contributed by atoms with Crippen molar-refractivity contribution in [2.24, 2.45) is 0 Å². The Morgan fingerprint density at radius 2 is 2.06 bits per heavy atom. The number of hydrogen-bond acceptors (Lipinski definition) is 8. The van der Waals surface area contributed by atoms with E-state index in [4.69, 9.17) is 9.15 Å². The molecule has 3 rings (SSSR count). The standard InChI is InChI=1S/C21H20N2O7S/c1-4-13(3)29-19(24)11-22-20(25)18(31-21(22)26)10-14-6-8-17(30-14)15-7-5-12(2)9-16(15)23(27)28/h5-10,13H,4,11H2,1-3H3/b18-10+/t13-/m0/s1.